The van der Waals surface area contributed by atoms with Crippen molar-refractivity contribution in [3.05, 3.63) is 10.5 Å². The Balaban J connectivity index is 2.77. The second-order valence-corrected chi connectivity index (χ2v) is 4.66. The molecule has 0 aromatic carbocycles. The summed E-state index contributed by atoms with van der Waals surface area (Å²) in [4.78, 5) is 11.6. The molecule has 0 radical (unpaired) electrons. The molecule has 0 aromatic rings. The molecule has 56 valence electrons. The summed E-state index contributed by atoms with van der Waals surface area (Å²) in [6.45, 7) is 3.83. The number of carboxylic acids is 1. The summed E-state index contributed by atoms with van der Waals surface area (Å²) < 4.78 is 0. The van der Waals surface area contributed by atoms with E-state index in [1.807, 2.05) is 13.8 Å². The molecule has 1 rings (SSSR count). The Morgan fingerprint density at radius 1 is 1.60 bits per heavy atom. The van der Waals surface area contributed by atoms with Gasteiger partial charge in [-0.3, -0.25) is 4.79 Å². The standard InChI is InChI=1S/C6H8O2S2/c1-3-4(2)9-10-5(3)6(7)8/h5H,1-2H3,(H,7,8). The van der Waals surface area contributed by atoms with Crippen LogP contribution in [0, 0.1) is 0 Å². The Bertz CT molecular complexity index is 198. The number of allylic oxidation sites excluding steroid dienone is 1. The first-order valence-electron chi connectivity index (χ1n) is 2.86. The van der Waals surface area contributed by atoms with Crippen molar-refractivity contribution in [3.63, 3.8) is 0 Å². The zero-order valence-corrected chi connectivity index (χ0v) is 7.38. The predicted molar refractivity (Wildman–Crippen MR) is 45.0 cm³/mol. The third-order valence-corrected chi connectivity index (χ3v) is 4.47. The minimum absolute atomic E-state index is 0.315. The summed E-state index contributed by atoms with van der Waals surface area (Å²) in [5.74, 6) is -0.730. The SMILES string of the molecule is CC1=C(C)C(C(=O)O)SS1. The van der Waals surface area contributed by atoms with Gasteiger partial charge in [0, 0.05) is 0 Å². The van der Waals surface area contributed by atoms with Crippen LogP contribution in [0.5, 0.6) is 0 Å². The molecule has 0 saturated heterocycles. The largest absolute Gasteiger partial charge is 0.480 e. The van der Waals surface area contributed by atoms with E-state index in [-0.39, 0.29) is 5.25 Å². The quantitative estimate of drug-likeness (QED) is 0.621. The average Bonchev–Trinajstić information content (AvgIpc) is 2.14. The third kappa shape index (κ3) is 1.32. The molecule has 0 fully saturated rings. The first-order valence-corrected chi connectivity index (χ1v) is 5.07. The molecule has 1 unspecified atom stereocenters. The van der Waals surface area contributed by atoms with Crippen LogP contribution in [0.4, 0.5) is 0 Å². The molecular formula is C6H8O2S2. The van der Waals surface area contributed by atoms with Crippen LogP contribution in [0.1, 0.15) is 13.8 Å². The van der Waals surface area contributed by atoms with Gasteiger partial charge in [-0.1, -0.05) is 21.6 Å². The van der Waals surface area contributed by atoms with Crippen LogP contribution < -0.4 is 0 Å². The fourth-order valence-corrected chi connectivity index (χ4v) is 3.43. The molecule has 1 atom stereocenters. The van der Waals surface area contributed by atoms with E-state index < -0.39 is 5.97 Å². The molecule has 1 heterocycles. The zero-order valence-electron chi connectivity index (χ0n) is 5.75. The minimum Gasteiger partial charge on any atom is -0.480 e. The van der Waals surface area contributed by atoms with Crippen molar-refractivity contribution in [1.82, 2.24) is 0 Å². The number of aliphatic carboxylic acids is 1. The van der Waals surface area contributed by atoms with Crippen molar-refractivity contribution >= 4 is 27.6 Å². The Labute approximate surface area is 67.5 Å². The van der Waals surface area contributed by atoms with Crippen LogP contribution in [-0.4, -0.2) is 16.3 Å². The third-order valence-electron chi connectivity index (χ3n) is 1.44. The van der Waals surface area contributed by atoms with Gasteiger partial charge in [0.05, 0.1) is 0 Å². The van der Waals surface area contributed by atoms with Crippen molar-refractivity contribution in [1.29, 1.82) is 0 Å². The second kappa shape index (κ2) is 2.88. The average molecular weight is 176 g/mol. The van der Waals surface area contributed by atoms with Crippen molar-refractivity contribution in [2.75, 3.05) is 0 Å². The maximum atomic E-state index is 10.5. The summed E-state index contributed by atoms with van der Waals surface area (Å²) in [6.07, 6.45) is 0. The number of carbonyl (C=O) groups is 1. The number of hydrogen-bond acceptors (Lipinski definition) is 3. The zero-order chi connectivity index (χ0) is 7.72. The second-order valence-electron chi connectivity index (χ2n) is 2.14. The molecule has 1 aliphatic rings. The lowest BCUT2D eigenvalue weighted by atomic mass is 10.2. The Kier molecular flexibility index (Phi) is 2.31. The first kappa shape index (κ1) is 8.01. The van der Waals surface area contributed by atoms with E-state index in [9.17, 15) is 4.79 Å². The molecule has 0 amide bonds. The van der Waals surface area contributed by atoms with Crippen LogP contribution in [0.25, 0.3) is 0 Å². The van der Waals surface area contributed by atoms with E-state index in [4.69, 9.17) is 5.11 Å². The number of rotatable bonds is 1. The smallest absolute Gasteiger partial charge is 0.321 e. The van der Waals surface area contributed by atoms with Gasteiger partial charge in [-0.25, -0.2) is 0 Å². The maximum absolute atomic E-state index is 10.5. The van der Waals surface area contributed by atoms with Gasteiger partial charge < -0.3 is 5.11 Å². The highest BCUT2D eigenvalue weighted by Gasteiger charge is 2.27. The van der Waals surface area contributed by atoms with Gasteiger partial charge in [-0.2, -0.15) is 0 Å². The van der Waals surface area contributed by atoms with Gasteiger partial charge in [0.2, 0.25) is 0 Å². The monoisotopic (exact) mass is 176 g/mol. The maximum Gasteiger partial charge on any atom is 0.321 e. The number of carboxylic acid groups (broad SMARTS) is 1. The highest BCUT2D eigenvalue weighted by molar-refractivity contribution is 8.79. The molecule has 4 heteroatoms. The van der Waals surface area contributed by atoms with Crippen LogP contribution in [0.2, 0.25) is 0 Å². The molecule has 0 saturated carbocycles. The van der Waals surface area contributed by atoms with E-state index >= 15 is 0 Å². The fourth-order valence-electron chi connectivity index (χ4n) is 0.669. The molecule has 2 nitrogen and oxygen atoms in total. The summed E-state index contributed by atoms with van der Waals surface area (Å²) in [5.41, 5.74) is 0.988. The van der Waals surface area contributed by atoms with Crippen LogP contribution in [0.3, 0.4) is 0 Å². The van der Waals surface area contributed by atoms with E-state index in [1.54, 1.807) is 10.8 Å². The lowest BCUT2D eigenvalue weighted by Gasteiger charge is -2.01. The Morgan fingerprint density at radius 2 is 2.20 bits per heavy atom. The summed E-state index contributed by atoms with van der Waals surface area (Å²) in [6, 6.07) is 0. The lowest BCUT2D eigenvalue weighted by Crippen LogP contribution is -2.14. The summed E-state index contributed by atoms with van der Waals surface area (Å²) in [5, 5.41) is 8.32. The summed E-state index contributed by atoms with van der Waals surface area (Å²) in [7, 11) is 2.97. The summed E-state index contributed by atoms with van der Waals surface area (Å²) >= 11 is 0. The van der Waals surface area contributed by atoms with Crippen molar-refractivity contribution in [2.45, 2.75) is 19.1 Å². The molecule has 10 heavy (non-hydrogen) atoms. The van der Waals surface area contributed by atoms with Gasteiger partial charge >= 0.3 is 5.97 Å². The van der Waals surface area contributed by atoms with Gasteiger partial charge in [-0.05, 0) is 24.3 Å². The highest BCUT2D eigenvalue weighted by Crippen LogP contribution is 2.46. The van der Waals surface area contributed by atoms with Crippen LogP contribution >= 0.6 is 21.6 Å². The Morgan fingerprint density at radius 3 is 2.40 bits per heavy atom. The molecule has 0 aromatic heterocycles. The molecule has 0 bridgehead atoms. The lowest BCUT2D eigenvalue weighted by molar-refractivity contribution is -0.135. The Hall–Kier alpha value is -0.0900. The van der Waals surface area contributed by atoms with Crippen LogP contribution in [0.15, 0.2) is 10.5 Å². The van der Waals surface area contributed by atoms with Gasteiger partial charge in [0.25, 0.3) is 0 Å². The van der Waals surface area contributed by atoms with Crippen molar-refractivity contribution < 1.29 is 9.90 Å². The van der Waals surface area contributed by atoms with E-state index in [0.717, 1.165) is 10.5 Å². The minimum atomic E-state index is -0.730. The molecule has 0 spiro atoms. The fraction of sp³-hybridized carbons (Fsp3) is 0.500. The van der Waals surface area contributed by atoms with Crippen molar-refractivity contribution in [3.8, 4) is 0 Å². The first-order chi connectivity index (χ1) is 4.63. The van der Waals surface area contributed by atoms with E-state index in [0.29, 0.717) is 0 Å². The van der Waals surface area contributed by atoms with E-state index in [2.05, 4.69) is 0 Å². The predicted octanol–water partition coefficient (Wildman–Crippen LogP) is 2.13. The van der Waals surface area contributed by atoms with Gasteiger partial charge in [-0.15, -0.1) is 0 Å². The molecule has 1 N–H and O–H groups in total. The normalized spacial score (nSPS) is 25.6. The molecule has 0 aliphatic carbocycles. The van der Waals surface area contributed by atoms with Crippen LogP contribution in [-0.2, 0) is 4.79 Å². The van der Waals surface area contributed by atoms with Gasteiger partial charge in [0.1, 0.15) is 5.25 Å². The molecule has 1 aliphatic heterocycles. The van der Waals surface area contributed by atoms with E-state index in [1.165, 1.54) is 10.8 Å². The topological polar surface area (TPSA) is 37.3 Å². The number of hydrogen-bond donors (Lipinski definition) is 1. The van der Waals surface area contributed by atoms with Crippen molar-refractivity contribution in [2.24, 2.45) is 0 Å². The van der Waals surface area contributed by atoms with Gasteiger partial charge in [0.15, 0.2) is 0 Å². The molecular weight excluding hydrogens is 168 g/mol. The highest BCUT2D eigenvalue weighted by atomic mass is 33.1.